The van der Waals surface area contributed by atoms with E-state index in [1.54, 1.807) is 0 Å². The molecule has 0 aromatic rings. The van der Waals surface area contributed by atoms with Gasteiger partial charge in [0.15, 0.2) is 0 Å². The van der Waals surface area contributed by atoms with Crippen molar-refractivity contribution in [3.05, 3.63) is 0 Å². The third kappa shape index (κ3) is 3.21. The van der Waals surface area contributed by atoms with E-state index < -0.39 is 0 Å². The summed E-state index contributed by atoms with van der Waals surface area (Å²) in [5.41, 5.74) is 0.644. The molecule has 2 fully saturated rings. The summed E-state index contributed by atoms with van der Waals surface area (Å²) in [6, 6.07) is 0.789. The summed E-state index contributed by atoms with van der Waals surface area (Å²) < 4.78 is 0. The van der Waals surface area contributed by atoms with Crippen molar-refractivity contribution in [1.82, 2.24) is 10.2 Å². The van der Waals surface area contributed by atoms with Gasteiger partial charge >= 0.3 is 0 Å². The van der Waals surface area contributed by atoms with Gasteiger partial charge in [-0.2, -0.15) is 0 Å². The Morgan fingerprint density at radius 3 is 2.38 bits per heavy atom. The lowest BCUT2D eigenvalue weighted by Crippen LogP contribution is -2.45. The van der Waals surface area contributed by atoms with Crippen molar-refractivity contribution in [3.63, 3.8) is 0 Å². The molecule has 94 valence electrons. The van der Waals surface area contributed by atoms with E-state index in [2.05, 4.69) is 24.1 Å². The lowest BCUT2D eigenvalue weighted by molar-refractivity contribution is 0.130. The molecule has 0 radical (unpaired) electrons. The first-order valence-electron chi connectivity index (χ1n) is 7.18. The maximum absolute atomic E-state index is 3.58. The molecule has 2 aliphatic rings. The molecule has 1 saturated heterocycles. The molecule has 0 unspecified atom stereocenters. The molecule has 1 aliphatic heterocycles. The van der Waals surface area contributed by atoms with Gasteiger partial charge in [0.05, 0.1) is 0 Å². The normalized spacial score (nSPS) is 27.4. The molecule has 0 bridgehead atoms. The minimum Gasteiger partial charge on any atom is -0.314 e. The number of likely N-dealkylation sites (tertiary alicyclic amines) is 1. The Morgan fingerprint density at radius 1 is 1.19 bits per heavy atom. The van der Waals surface area contributed by atoms with Crippen LogP contribution in [0.2, 0.25) is 0 Å². The molecule has 16 heavy (non-hydrogen) atoms. The fourth-order valence-corrected chi connectivity index (χ4v) is 3.51. The standard InChI is InChI=1S/C14H28N2/c1-3-15-13-6-10-16(11-7-13)12-14(2)8-4-5-9-14/h13,15H,3-12H2,1-2H3. The van der Waals surface area contributed by atoms with Gasteiger partial charge in [0.2, 0.25) is 0 Å². The van der Waals surface area contributed by atoms with Crippen molar-refractivity contribution in [1.29, 1.82) is 0 Å². The highest BCUT2D eigenvalue weighted by Gasteiger charge is 2.31. The predicted molar refractivity (Wildman–Crippen MR) is 69.7 cm³/mol. The maximum atomic E-state index is 3.58. The Kier molecular flexibility index (Phi) is 4.26. The van der Waals surface area contributed by atoms with Gasteiger partial charge in [-0.25, -0.2) is 0 Å². The number of nitrogens with one attached hydrogen (secondary N) is 1. The highest BCUT2D eigenvalue weighted by Crippen LogP contribution is 2.38. The smallest absolute Gasteiger partial charge is 0.00912 e. The molecule has 1 N–H and O–H groups in total. The Labute approximate surface area is 101 Å². The van der Waals surface area contributed by atoms with Crippen LogP contribution in [0.1, 0.15) is 52.4 Å². The molecule has 1 saturated carbocycles. The summed E-state index contributed by atoms with van der Waals surface area (Å²) in [7, 11) is 0. The fraction of sp³-hybridized carbons (Fsp3) is 1.00. The van der Waals surface area contributed by atoms with Crippen LogP contribution in [0.5, 0.6) is 0 Å². The fourth-order valence-electron chi connectivity index (χ4n) is 3.51. The van der Waals surface area contributed by atoms with Crippen molar-refractivity contribution >= 4 is 0 Å². The van der Waals surface area contributed by atoms with E-state index in [1.165, 1.54) is 58.2 Å². The molecule has 0 atom stereocenters. The zero-order valence-electron chi connectivity index (χ0n) is 11.1. The number of piperidine rings is 1. The summed E-state index contributed by atoms with van der Waals surface area (Å²) in [4.78, 5) is 2.71. The quantitative estimate of drug-likeness (QED) is 0.790. The molecule has 0 spiro atoms. The first-order chi connectivity index (χ1) is 7.72. The van der Waals surface area contributed by atoms with Gasteiger partial charge in [-0.1, -0.05) is 26.7 Å². The molecule has 2 nitrogen and oxygen atoms in total. The van der Waals surface area contributed by atoms with Crippen LogP contribution in [0, 0.1) is 5.41 Å². The van der Waals surface area contributed by atoms with E-state index in [4.69, 9.17) is 0 Å². The third-order valence-corrected chi connectivity index (χ3v) is 4.50. The Hall–Kier alpha value is -0.0800. The number of nitrogens with zero attached hydrogens (tertiary/aromatic N) is 1. The number of hydrogen-bond donors (Lipinski definition) is 1. The molecular formula is C14H28N2. The minimum absolute atomic E-state index is 0.644. The zero-order valence-corrected chi connectivity index (χ0v) is 11.1. The van der Waals surface area contributed by atoms with Crippen molar-refractivity contribution in [3.8, 4) is 0 Å². The summed E-state index contributed by atoms with van der Waals surface area (Å²) in [6.45, 7) is 9.82. The average Bonchev–Trinajstić information content (AvgIpc) is 2.68. The van der Waals surface area contributed by atoms with Crippen LogP contribution in [-0.4, -0.2) is 37.1 Å². The van der Waals surface area contributed by atoms with Gasteiger partial charge in [0.1, 0.15) is 0 Å². The van der Waals surface area contributed by atoms with Crippen LogP contribution in [0.3, 0.4) is 0 Å². The second kappa shape index (κ2) is 5.50. The molecule has 2 heteroatoms. The zero-order chi connectivity index (χ0) is 11.4. The van der Waals surface area contributed by atoms with Crippen LogP contribution in [0.25, 0.3) is 0 Å². The summed E-state index contributed by atoms with van der Waals surface area (Å²) >= 11 is 0. The van der Waals surface area contributed by atoms with Crippen molar-refractivity contribution in [2.75, 3.05) is 26.2 Å². The highest BCUT2D eigenvalue weighted by molar-refractivity contribution is 4.86. The van der Waals surface area contributed by atoms with E-state index in [0.29, 0.717) is 5.41 Å². The van der Waals surface area contributed by atoms with E-state index in [1.807, 2.05) is 0 Å². The lowest BCUT2D eigenvalue weighted by atomic mass is 9.87. The maximum Gasteiger partial charge on any atom is 0.00912 e. The third-order valence-electron chi connectivity index (χ3n) is 4.50. The first kappa shape index (κ1) is 12.4. The second-order valence-electron chi connectivity index (χ2n) is 6.13. The molecule has 1 heterocycles. The van der Waals surface area contributed by atoms with Gasteiger partial charge in [0, 0.05) is 12.6 Å². The summed E-state index contributed by atoms with van der Waals surface area (Å²) in [5.74, 6) is 0. The van der Waals surface area contributed by atoms with Gasteiger partial charge in [-0.3, -0.25) is 0 Å². The molecule has 0 aromatic carbocycles. The van der Waals surface area contributed by atoms with Crippen LogP contribution >= 0.6 is 0 Å². The van der Waals surface area contributed by atoms with E-state index in [0.717, 1.165) is 12.6 Å². The predicted octanol–water partition coefficient (Wildman–Crippen LogP) is 2.64. The van der Waals surface area contributed by atoms with Crippen LogP contribution in [0.4, 0.5) is 0 Å². The van der Waals surface area contributed by atoms with E-state index >= 15 is 0 Å². The van der Waals surface area contributed by atoms with Crippen molar-refractivity contribution in [2.24, 2.45) is 5.41 Å². The number of rotatable bonds is 4. The average molecular weight is 224 g/mol. The largest absolute Gasteiger partial charge is 0.314 e. The van der Waals surface area contributed by atoms with E-state index in [-0.39, 0.29) is 0 Å². The molecule has 1 aliphatic carbocycles. The van der Waals surface area contributed by atoms with Gasteiger partial charge < -0.3 is 10.2 Å². The van der Waals surface area contributed by atoms with Gasteiger partial charge in [-0.05, 0) is 50.7 Å². The Bertz CT molecular complexity index is 201. The highest BCUT2D eigenvalue weighted by atomic mass is 15.1. The molecule has 2 rings (SSSR count). The monoisotopic (exact) mass is 224 g/mol. The molecule has 0 aromatic heterocycles. The Balaban J connectivity index is 1.72. The van der Waals surface area contributed by atoms with Crippen LogP contribution in [0.15, 0.2) is 0 Å². The van der Waals surface area contributed by atoms with E-state index in [9.17, 15) is 0 Å². The summed E-state index contributed by atoms with van der Waals surface area (Å²) in [5, 5.41) is 3.58. The van der Waals surface area contributed by atoms with Crippen molar-refractivity contribution < 1.29 is 0 Å². The molecular weight excluding hydrogens is 196 g/mol. The number of hydrogen-bond acceptors (Lipinski definition) is 2. The first-order valence-corrected chi connectivity index (χ1v) is 7.18. The Morgan fingerprint density at radius 2 is 1.81 bits per heavy atom. The topological polar surface area (TPSA) is 15.3 Å². The lowest BCUT2D eigenvalue weighted by Gasteiger charge is -2.37. The second-order valence-corrected chi connectivity index (χ2v) is 6.13. The summed E-state index contributed by atoms with van der Waals surface area (Å²) in [6.07, 6.45) is 8.54. The van der Waals surface area contributed by atoms with Crippen LogP contribution < -0.4 is 5.32 Å². The molecule has 0 amide bonds. The van der Waals surface area contributed by atoms with Crippen LogP contribution in [-0.2, 0) is 0 Å². The van der Waals surface area contributed by atoms with Gasteiger partial charge in [0.25, 0.3) is 0 Å². The minimum atomic E-state index is 0.644. The van der Waals surface area contributed by atoms with Gasteiger partial charge in [-0.15, -0.1) is 0 Å². The SMILES string of the molecule is CCNC1CCN(CC2(C)CCCC2)CC1. The van der Waals surface area contributed by atoms with Crippen molar-refractivity contribution in [2.45, 2.75) is 58.4 Å².